The zero-order chi connectivity index (χ0) is 14.5. The Labute approximate surface area is 120 Å². The van der Waals surface area contributed by atoms with Crippen molar-refractivity contribution in [3.63, 3.8) is 0 Å². The summed E-state index contributed by atoms with van der Waals surface area (Å²) >= 11 is 0. The number of ether oxygens (including phenoxy) is 1. The van der Waals surface area contributed by atoms with Crippen molar-refractivity contribution in [2.24, 2.45) is 0 Å². The molecule has 2 rings (SSSR count). The molecule has 0 aliphatic rings. The summed E-state index contributed by atoms with van der Waals surface area (Å²) in [5, 5.41) is 1.01. The lowest BCUT2D eigenvalue weighted by Crippen LogP contribution is -2.35. The molecule has 4 nitrogen and oxygen atoms in total. The van der Waals surface area contributed by atoms with Gasteiger partial charge in [0.1, 0.15) is 0 Å². The first kappa shape index (κ1) is 14.6. The Kier molecular flexibility index (Phi) is 4.79. The maximum absolute atomic E-state index is 6.05. The lowest BCUT2D eigenvalue weighted by molar-refractivity contribution is 0.203. The summed E-state index contributed by atoms with van der Waals surface area (Å²) < 4.78 is 5.24. The van der Waals surface area contributed by atoms with Gasteiger partial charge in [0.15, 0.2) is 0 Å². The molecule has 0 bridgehead atoms. The fourth-order valence-electron chi connectivity index (χ4n) is 2.40. The van der Waals surface area contributed by atoms with Crippen LogP contribution in [-0.4, -0.2) is 31.3 Å². The predicted molar refractivity (Wildman–Crippen MR) is 85.1 cm³/mol. The molecule has 0 amide bonds. The van der Waals surface area contributed by atoms with Crippen molar-refractivity contribution in [3.8, 4) is 0 Å². The molecule has 0 aliphatic heterocycles. The minimum absolute atomic E-state index is 0.430. The smallest absolute Gasteiger partial charge is 0.0956 e. The lowest BCUT2D eigenvalue weighted by Gasteiger charge is -2.31. The van der Waals surface area contributed by atoms with Crippen LogP contribution >= 0.6 is 0 Å². The number of pyridine rings is 1. The van der Waals surface area contributed by atoms with Crippen molar-refractivity contribution < 1.29 is 4.74 Å². The van der Waals surface area contributed by atoms with E-state index in [1.807, 2.05) is 24.4 Å². The molecule has 4 heteroatoms. The molecule has 0 saturated carbocycles. The third-order valence-electron chi connectivity index (χ3n) is 3.75. The molecule has 1 aromatic heterocycles. The number of methoxy groups -OCH3 is 1. The number of hydrogen-bond acceptors (Lipinski definition) is 4. The normalized spacial score (nSPS) is 12.6. The van der Waals surface area contributed by atoms with Gasteiger partial charge in [0.2, 0.25) is 0 Å². The maximum atomic E-state index is 6.05. The van der Waals surface area contributed by atoms with Gasteiger partial charge in [-0.15, -0.1) is 0 Å². The first-order valence-corrected chi connectivity index (χ1v) is 7.07. The van der Waals surface area contributed by atoms with E-state index in [9.17, 15) is 0 Å². The van der Waals surface area contributed by atoms with E-state index in [1.165, 1.54) is 0 Å². The maximum Gasteiger partial charge on any atom is 0.0956 e. The topological polar surface area (TPSA) is 51.4 Å². The summed E-state index contributed by atoms with van der Waals surface area (Å²) in [5.74, 6) is 0. The molecule has 0 spiro atoms. The highest BCUT2D eigenvalue weighted by Crippen LogP contribution is 2.30. The van der Waals surface area contributed by atoms with Gasteiger partial charge in [0, 0.05) is 37.0 Å². The molecule has 0 saturated heterocycles. The summed E-state index contributed by atoms with van der Waals surface area (Å²) in [6.07, 6.45) is 2.89. The van der Waals surface area contributed by atoms with Gasteiger partial charge in [0.25, 0.3) is 0 Å². The minimum atomic E-state index is 0.430. The van der Waals surface area contributed by atoms with Crippen molar-refractivity contribution in [1.82, 2.24) is 4.98 Å². The zero-order valence-corrected chi connectivity index (χ0v) is 12.5. The second-order valence-corrected chi connectivity index (χ2v) is 5.02. The van der Waals surface area contributed by atoms with Gasteiger partial charge in [-0.05, 0) is 37.6 Å². The standard InChI is InChI=1S/C16H23N3O/c1-4-12(2)19(10-11-20-3)15-8-7-14(17)13-6-5-9-18-16(13)15/h5-9,12H,4,10-11,17H2,1-3H3. The number of nitrogen functional groups attached to an aromatic ring is 1. The first-order valence-electron chi connectivity index (χ1n) is 7.07. The van der Waals surface area contributed by atoms with Crippen molar-refractivity contribution in [3.05, 3.63) is 30.5 Å². The number of hydrogen-bond donors (Lipinski definition) is 1. The van der Waals surface area contributed by atoms with E-state index in [4.69, 9.17) is 10.5 Å². The molecular formula is C16H23N3O. The number of nitrogens with two attached hydrogens (primary N) is 1. The van der Waals surface area contributed by atoms with Crippen molar-refractivity contribution in [1.29, 1.82) is 0 Å². The van der Waals surface area contributed by atoms with Gasteiger partial charge in [-0.2, -0.15) is 0 Å². The van der Waals surface area contributed by atoms with Crippen LogP contribution in [0.2, 0.25) is 0 Å². The predicted octanol–water partition coefficient (Wildman–Crippen LogP) is 3.07. The van der Waals surface area contributed by atoms with Gasteiger partial charge in [0.05, 0.1) is 17.8 Å². The van der Waals surface area contributed by atoms with Crippen LogP contribution in [0.15, 0.2) is 30.5 Å². The molecule has 1 unspecified atom stereocenters. The largest absolute Gasteiger partial charge is 0.398 e. The summed E-state index contributed by atoms with van der Waals surface area (Å²) in [6, 6.07) is 8.39. The lowest BCUT2D eigenvalue weighted by atomic mass is 10.1. The van der Waals surface area contributed by atoms with E-state index in [0.717, 1.165) is 35.2 Å². The van der Waals surface area contributed by atoms with Crippen LogP contribution in [0.3, 0.4) is 0 Å². The van der Waals surface area contributed by atoms with Crippen LogP contribution in [0.25, 0.3) is 10.9 Å². The van der Waals surface area contributed by atoms with Gasteiger partial charge in [-0.1, -0.05) is 6.92 Å². The molecule has 0 aliphatic carbocycles. The number of anilines is 2. The van der Waals surface area contributed by atoms with E-state index >= 15 is 0 Å². The number of benzene rings is 1. The molecule has 0 fully saturated rings. The molecular weight excluding hydrogens is 250 g/mol. The molecule has 1 atom stereocenters. The van der Waals surface area contributed by atoms with E-state index in [1.54, 1.807) is 7.11 Å². The Morgan fingerprint density at radius 3 is 2.85 bits per heavy atom. The van der Waals surface area contributed by atoms with E-state index in [-0.39, 0.29) is 0 Å². The third kappa shape index (κ3) is 2.85. The summed E-state index contributed by atoms with van der Waals surface area (Å²) in [7, 11) is 1.73. The van der Waals surface area contributed by atoms with Crippen LogP contribution in [0.1, 0.15) is 20.3 Å². The second kappa shape index (κ2) is 6.57. The SMILES string of the molecule is CCC(C)N(CCOC)c1ccc(N)c2cccnc12. The van der Waals surface area contributed by atoms with Crippen LogP contribution in [0, 0.1) is 0 Å². The average molecular weight is 273 g/mol. The first-order chi connectivity index (χ1) is 9.69. The van der Waals surface area contributed by atoms with Crippen molar-refractivity contribution in [2.45, 2.75) is 26.3 Å². The molecule has 1 aromatic carbocycles. The molecule has 108 valence electrons. The molecule has 2 N–H and O–H groups in total. The van der Waals surface area contributed by atoms with Gasteiger partial charge in [-0.25, -0.2) is 0 Å². The zero-order valence-electron chi connectivity index (χ0n) is 12.5. The fourth-order valence-corrected chi connectivity index (χ4v) is 2.40. The summed E-state index contributed by atoms with van der Waals surface area (Å²) in [6.45, 7) is 5.96. The molecule has 20 heavy (non-hydrogen) atoms. The average Bonchev–Trinajstić information content (AvgIpc) is 2.49. The van der Waals surface area contributed by atoms with Crippen LogP contribution in [0.4, 0.5) is 11.4 Å². The Bertz CT molecular complexity index is 571. The Morgan fingerprint density at radius 1 is 1.35 bits per heavy atom. The number of nitrogens with zero attached hydrogens (tertiary/aromatic N) is 2. The highest BCUT2D eigenvalue weighted by atomic mass is 16.5. The van der Waals surface area contributed by atoms with Crippen LogP contribution < -0.4 is 10.6 Å². The third-order valence-corrected chi connectivity index (χ3v) is 3.75. The monoisotopic (exact) mass is 273 g/mol. The van der Waals surface area contributed by atoms with Gasteiger partial charge >= 0.3 is 0 Å². The number of fused-ring (bicyclic) bond motifs is 1. The van der Waals surface area contributed by atoms with Crippen molar-refractivity contribution >= 4 is 22.3 Å². The summed E-state index contributed by atoms with van der Waals surface area (Å²) in [5.41, 5.74) is 8.91. The Hall–Kier alpha value is -1.81. The second-order valence-electron chi connectivity index (χ2n) is 5.02. The highest BCUT2D eigenvalue weighted by molar-refractivity contribution is 5.98. The van der Waals surface area contributed by atoms with Gasteiger partial charge in [-0.3, -0.25) is 4.98 Å². The minimum Gasteiger partial charge on any atom is -0.398 e. The summed E-state index contributed by atoms with van der Waals surface area (Å²) in [4.78, 5) is 6.87. The number of aromatic nitrogens is 1. The Morgan fingerprint density at radius 2 is 2.15 bits per heavy atom. The molecule has 0 radical (unpaired) electrons. The fraction of sp³-hybridized carbons (Fsp3) is 0.438. The van der Waals surface area contributed by atoms with E-state index in [2.05, 4.69) is 29.8 Å². The van der Waals surface area contributed by atoms with Crippen LogP contribution in [-0.2, 0) is 4.74 Å². The van der Waals surface area contributed by atoms with Crippen LogP contribution in [0.5, 0.6) is 0 Å². The van der Waals surface area contributed by atoms with Gasteiger partial charge < -0.3 is 15.4 Å². The number of rotatable bonds is 6. The molecule has 2 aromatic rings. The molecule has 1 heterocycles. The Balaban J connectivity index is 2.50. The van der Waals surface area contributed by atoms with E-state index < -0.39 is 0 Å². The van der Waals surface area contributed by atoms with Crippen molar-refractivity contribution in [2.75, 3.05) is 30.9 Å². The van der Waals surface area contributed by atoms with E-state index in [0.29, 0.717) is 12.6 Å². The quantitative estimate of drug-likeness (QED) is 0.822. The highest BCUT2D eigenvalue weighted by Gasteiger charge is 2.16.